The summed E-state index contributed by atoms with van der Waals surface area (Å²) in [6.45, 7) is 4.70. The van der Waals surface area contributed by atoms with Crippen LogP contribution in [-0.2, 0) is 45.1 Å². The lowest BCUT2D eigenvalue weighted by Gasteiger charge is -2.50. The number of β-lactam (4-membered cyclic amide) rings is 1. The maximum absolute atomic E-state index is 13.4. The Balaban J connectivity index is 0.000000908. The Kier molecular flexibility index (Phi) is 13.3. The fourth-order valence-electron chi connectivity index (χ4n) is 5.89. The second kappa shape index (κ2) is 17.0. The number of hydroxylamine groups is 2. The average Bonchev–Trinajstić information content (AvgIpc) is 3.53. The number of benzene rings is 1. The minimum Gasteiger partial charge on any atom is -0.542 e. The van der Waals surface area contributed by atoms with Gasteiger partial charge in [-0.1, -0.05) is 11.2 Å². The molecule has 2 atom stereocenters. The van der Waals surface area contributed by atoms with Gasteiger partial charge in [-0.2, -0.15) is 26.7 Å². The molecule has 0 saturated carbocycles. The first kappa shape index (κ1) is 43.8. The van der Waals surface area contributed by atoms with E-state index in [1.807, 2.05) is 12.1 Å². The summed E-state index contributed by atoms with van der Waals surface area (Å²) < 4.78 is 73.9. The number of piperidine rings is 1. The van der Waals surface area contributed by atoms with Crippen LogP contribution < -0.4 is 15.6 Å². The fourth-order valence-corrected chi connectivity index (χ4v) is 6.89. The summed E-state index contributed by atoms with van der Waals surface area (Å²) in [5.74, 6) is -6.16. The molecule has 0 bridgehead atoms. The summed E-state index contributed by atoms with van der Waals surface area (Å²) in [6.07, 6.45) is -4.09. The van der Waals surface area contributed by atoms with Crippen LogP contribution in [0.3, 0.4) is 0 Å². The number of rotatable bonds is 14. The number of nitrogens with zero attached hydrogens (tertiary/aromatic N) is 5. The van der Waals surface area contributed by atoms with Crippen LogP contribution in [0.2, 0.25) is 0 Å². The van der Waals surface area contributed by atoms with Crippen molar-refractivity contribution >= 4 is 67.1 Å². The molecule has 1 aromatic carbocycles. The summed E-state index contributed by atoms with van der Waals surface area (Å²) in [7, 11) is -0.474. The Morgan fingerprint density at radius 1 is 1.16 bits per heavy atom. The van der Waals surface area contributed by atoms with Crippen LogP contribution in [0.25, 0.3) is 10.9 Å². The third-order valence-corrected chi connectivity index (χ3v) is 10.2. The Morgan fingerprint density at radius 2 is 1.80 bits per heavy atom. The largest absolute Gasteiger partial charge is 0.542 e. The molecule has 18 nitrogen and oxygen atoms in total. The highest BCUT2D eigenvalue weighted by Gasteiger charge is 2.57. The molecule has 2 aliphatic heterocycles. The number of carbonyl (C=O) groups is 4. The van der Waals surface area contributed by atoms with Gasteiger partial charge < -0.3 is 34.8 Å². The quantitative estimate of drug-likeness (QED) is 0.0688. The first-order chi connectivity index (χ1) is 25.9. The topological polar surface area (TPSA) is 261 Å². The lowest BCUT2D eigenvalue weighted by molar-refractivity contribution is -0.896. The number of Topliss-reactive ketones (excluding diaryl/α,β-unsaturated/α-hetero) is 1. The molecule has 2 fully saturated rings. The maximum atomic E-state index is 13.4. The normalized spacial score (nSPS) is 19.0. The van der Waals surface area contributed by atoms with E-state index in [2.05, 4.69) is 28.5 Å². The van der Waals surface area contributed by atoms with E-state index in [1.54, 1.807) is 18.2 Å². The number of fused-ring (bicyclic) bond motifs is 1. The number of nitrogens with two attached hydrogens (primary N) is 1. The summed E-state index contributed by atoms with van der Waals surface area (Å²) in [5, 5.41) is 25.2. The van der Waals surface area contributed by atoms with Gasteiger partial charge in [0, 0.05) is 22.9 Å². The summed E-state index contributed by atoms with van der Waals surface area (Å²) in [5.41, 5.74) is 5.83. The molecule has 1 amide bonds. The van der Waals surface area contributed by atoms with Crippen molar-refractivity contribution in [2.75, 3.05) is 39.5 Å². The SMILES string of the molecule is CC1(C)C(CC(=O)/C(=N\O[C@@H](COc2ccc3nc(CC4CC[N+](C)(C)CC4)ccc3c2)C(=O)O)c2csc(N)n2)C(=O)N1OS(=O)(=O)O.O=C([O-])C(F)(F)F. The number of aliphatic carboxylic acids is 2. The third-order valence-electron chi connectivity index (χ3n) is 9.14. The number of pyridine rings is 1. The standard InChI is InChI=1S/C31H38N6O10S2.C2HF3O2/c1-31(2)22(28(39)36(31)47-49(42,43)44)15-25(38)27(24-17-48-30(32)34-24)35-46-26(29(40)41)16-45-21-7-8-23-19(14-21)5-6-20(33-23)13-18-9-11-37(3,4)12-10-18;3-2(4,5)1(6)7/h5-8,14,17-18,22,26H,9-13,15-16H2,1-4H3,(H3-,32,34,40,41,42,43,44);(H,6,7)/b35-27-;/t22?,26-;/m0./s1. The number of oxime groups is 1. The monoisotopic (exact) mass is 832 g/mol. The minimum atomic E-state index is -5.19. The van der Waals surface area contributed by atoms with Crippen molar-refractivity contribution in [1.82, 2.24) is 15.0 Å². The molecule has 4 N–H and O–H groups in total. The van der Waals surface area contributed by atoms with Gasteiger partial charge in [-0.15, -0.1) is 15.6 Å². The number of amides is 1. The van der Waals surface area contributed by atoms with Gasteiger partial charge >= 0.3 is 22.5 Å². The maximum Gasteiger partial charge on any atom is 0.430 e. The number of anilines is 1. The molecular formula is C33H39F3N6O12S2. The highest BCUT2D eigenvalue weighted by Crippen LogP contribution is 2.40. The predicted molar refractivity (Wildman–Crippen MR) is 189 cm³/mol. The van der Waals surface area contributed by atoms with E-state index in [0.717, 1.165) is 64.8 Å². The molecule has 0 radical (unpaired) electrons. The van der Waals surface area contributed by atoms with E-state index in [-0.39, 0.29) is 10.8 Å². The number of quaternary nitrogens is 1. The van der Waals surface area contributed by atoms with E-state index in [0.29, 0.717) is 16.7 Å². The lowest BCUT2D eigenvalue weighted by atomic mass is 9.74. The van der Waals surface area contributed by atoms with E-state index in [9.17, 15) is 41.1 Å². The highest BCUT2D eigenvalue weighted by atomic mass is 32.3. The number of halogens is 3. The van der Waals surface area contributed by atoms with Crippen LogP contribution in [-0.4, -0.2) is 119 Å². The number of ether oxygens (including phenoxy) is 1. The first-order valence-electron chi connectivity index (χ1n) is 16.7. The second-order valence-corrected chi connectivity index (χ2v) is 16.1. The van der Waals surface area contributed by atoms with Crippen LogP contribution in [0.4, 0.5) is 18.3 Å². The molecule has 2 aromatic heterocycles. The lowest BCUT2D eigenvalue weighted by Crippen LogP contribution is -2.68. The Bertz CT molecular complexity index is 2100. The number of carboxylic acids is 2. The van der Waals surface area contributed by atoms with Crippen LogP contribution in [0.15, 0.2) is 40.9 Å². The highest BCUT2D eigenvalue weighted by molar-refractivity contribution is 7.80. The van der Waals surface area contributed by atoms with Crippen molar-refractivity contribution in [3.8, 4) is 5.75 Å². The zero-order valence-electron chi connectivity index (χ0n) is 30.4. The molecule has 306 valence electrons. The van der Waals surface area contributed by atoms with E-state index >= 15 is 0 Å². The van der Waals surface area contributed by atoms with Crippen LogP contribution >= 0.6 is 11.3 Å². The Hall–Kier alpha value is -4.97. The molecule has 2 aliphatic rings. The molecule has 0 aliphatic carbocycles. The predicted octanol–water partition coefficient (Wildman–Crippen LogP) is 1.78. The first-order valence-corrected chi connectivity index (χ1v) is 19.0. The molecule has 3 aromatic rings. The average molecular weight is 833 g/mol. The van der Waals surface area contributed by atoms with Gasteiger partial charge in [0.05, 0.1) is 44.2 Å². The number of carboxylic acid groups (broad SMARTS) is 2. The summed E-state index contributed by atoms with van der Waals surface area (Å²) >= 11 is 0.996. The van der Waals surface area contributed by atoms with Crippen molar-refractivity contribution in [2.24, 2.45) is 17.0 Å². The third kappa shape index (κ3) is 11.5. The number of thiazole rings is 1. The van der Waals surface area contributed by atoms with Crippen molar-refractivity contribution in [1.29, 1.82) is 0 Å². The van der Waals surface area contributed by atoms with Gasteiger partial charge in [0.15, 0.2) is 16.6 Å². The number of hydrogen-bond acceptors (Lipinski definition) is 15. The molecule has 0 spiro atoms. The van der Waals surface area contributed by atoms with Gasteiger partial charge in [-0.25, -0.2) is 9.78 Å². The van der Waals surface area contributed by atoms with Crippen molar-refractivity contribution < 1.29 is 73.9 Å². The Morgan fingerprint density at radius 3 is 2.34 bits per heavy atom. The van der Waals surface area contributed by atoms with Gasteiger partial charge in [-0.05, 0) is 63.3 Å². The van der Waals surface area contributed by atoms with Crippen molar-refractivity contribution in [2.45, 2.75) is 57.3 Å². The van der Waals surface area contributed by atoms with Crippen molar-refractivity contribution in [3.63, 3.8) is 0 Å². The Labute approximate surface area is 322 Å². The number of hydrogen-bond donors (Lipinski definition) is 3. The number of likely N-dealkylation sites (tertiary alicyclic amines) is 1. The van der Waals surface area contributed by atoms with Crippen LogP contribution in [0.1, 0.15) is 44.5 Å². The molecule has 5 rings (SSSR count). The number of nitrogen functional groups attached to an aromatic ring is 1. The number of aromatic nitrogens is 2. The molecule has 2 saturated heterocycles. The zero-order valence-corrected chi connectivity index (χ0v) is 32.0. The van der Waals surface area contributed by atoms with Crippen LogP contribution in [0.5, 0.6) is 5.75 Å². The number of alkyl halides is 3. The van der Waals surface area contributed by atoms with E-state index in [4.69, 9.17) is 34.7 Å². The van der Waals surface area contributed by atoms with Crippen molar-refractivity contribution in [3.05, 3.63) is 47.1 Å². The zero-order chi connectivity index (χ0) is 41.8. The molecule has 4 heterocycles. The van der Waals surface area contributed by atoms with Gasteiger partial charge in [0.25, 0.3) is 12.0 Å². The smallest absolute Gasteiger partial charge is 0.430 e. The molecule has 1 unspecified atom stereocenters. The molecule has 56 heavy (non-hydrogen) atoms. The fraction of sp³-hybridized carbons (Fsp3) is 0.485. The van der Waals surface area contributed by atoms with Gasteiger partial charge in [0.2, 0.25) is 0 Å². The molecular weight excluding hydrogens is 794 g/mol. The summed E-state index contributed by atoms with van der Waals surface area (Å²) in [4.78, 5) is 61.0. The second-order valence-electron chi connectivity index (χ2n) is 14.2. The van der Waals surface area contributed by atoms with Gasteiger partial charge in [-0.3, -0.25) is 19.1 Å². The molecule has 23 heteroatoms. The minimum absolute atomic E-state index is 0.0129. The van der Waals surface area contributed by atoms with Gasteiger partial charge in [0.1, 0.15) is 24.0 Å². The number of ketones is 1. The van der Waals surface area contributed by atoms with E-state index in [1.165, 1.54) is 19.2 Å². The van der Waals surface area contributed by atoms with Crippen LogP contribution in [0, 0.1) is 11.8 Å². The summed E-state index contributed by atoms with van der Waals surface area (Å²) in [6, 6.07) is 9.19. The number of carbonyl (C=O) groups excluding carboxylic acids is 3. The van der Waals surface area contributed by atoms with E-state index < -0.39 is 76.5 Å².